The molecule has 15 heavy (non-hydrogen) atoms. The summed E-state index contributed by atoms with van der Waals surface area (Å²) in [6.45, 7) is 4.73. The van der Waals surface area contributed by atoms with Gasteiger partial charge in [-0.2, -0.15) is 0 Å². The van der Waals surface area contributed by atoms with Gasteiger partial charge in [0.25, 0.3) is 0 Å². The number of β-amino-alcohol motifs (C(OH)–C–C–N with tert-alkyl or cyclic N) is 1. The van der Waals surface area contributed by atoms with Crippen LogP contribution >= 0.6 is 0 Å². The third-order valence-electron chi connectivity index (χ3n) is 2.96. The summed E-state index contributed by atoms with van der Waals surface area (Å²) in [5.74, 6) is 0. The molecule has 0 aromatic heterocycles. The fourth-order valence-electron chi connectivity index (χ4n) is 2.30. The number of fused-ring (bicyclic) bond motifs is 1. The predicted octanol–water partition coefficient (Wildman–Crippen LogP) is 1.82. The summed E-state index contributed by atoms with van der Waals surface area (Å²) >= 11 is 0. The van der Waals surface area contributed by atoms with Gasteiger partial charge in [0.1, 0.15) is 0 Å². The van der Waals surface area contributed by atoms with E-state index in [-0.39, 0.29) is 6.10 Å². The summed E-state index contributed by atoms with van der Waals surface area (Å²) in [6.07, 6.45) is 2.14. The first kappa shape index (κ1) is 10.7. The molecule has 1 N–H and O–H groups in total. The third-order valence-corrected chi connectivity index (χ3v) is 2.96. The molecule has 0 amide bonds. The van der Waals surface area contributed by atoms with Crippen LogP contribution in [0, 0.1) is 0 Å². The van der Waals surface area contributed by atoms with Crippen LogP contribution in [-0.4, -0.2) is 29.2 Å². The van der Waals surface area contributed by atoms with Gasteiger partial charge in [-0.1, -0.05) is 24.3 Å². The van der Waals surface area contributed by atoms with Gasteiger partial charge in [0.05, 0.1) is 6.10 Å². The largest absolute Gasteiger partial charge is 0.392 e. The molecular formula is C13H19NO. The molecule has 2 heteroatoms. The molecule has 1 aliphatic rings. The van der Waals surface area contributed by atoms with Crippen LogP contribution in [0.15, 0.2) is 24.3 Å². The maximum atomic E-state index is 9.40. The van der Waals surface area contributed by atoms with Crippen molar-refractivity contribution < 1.29 is 5.11 Å². The normalized spacial score (nSPS) is 19.3. The molecule has 2 rings (SSSR count). The number of aliphatic hydroxyl groups is 1. The first-order chi connectivity index (χ1) is 7.25. The number of aryl methyl sites for hydroxylation is 1. The van der Waals surface area contributed by atoms with Crippen molar-refractivity contribution in [3.05, 3.63) is 35.4 Å². The molecule has 1 unspecified atom stereocenters. The molecule has 0 saturated heterocycles. The maximum absolute atomic E-state index is 9.40. The van der Waals surface area contributed by atoms with E-state index in [0.29, 0.717) is 0 Å². The Balaban J connectivity index is 2.10. The van der Waals surface area contributed by atoms with Gasteiger partial charge in [0.2, 0.25) is 0 Å². The SMILES string of the molecule is CC(O)CN1CCCc2ccccc2C1. The third kappa shape index (κ3) is 2.80. The molecule has 1 atom stereocenters. The van der Waals surface area contributed by atoms with E-state index in [9.17, 15) is 5.11 Å². The van der Waals surface area contributed by atoms with E-state index >= 15 is 0 Å². The van der Waals surface area contributed by atoms with Crippen LogP contribution in [0.4, 0.5) is 0 Å². The zero-order chi connectivity index (χ0) is 10.7. The predicted molar refractivity (Wildman–Crippen MR) is 61.7 cm³/mol. The van der Waals surface area contributed by atoms with E-state index < -0.39 is 0 Å². The summed E-state index contributed by atoms with van der Waals surface area (Å²) in [4.78, 5) is 2.34. The van der Waals surface area contributed by atoms with Crippen molar-refractivity contribution in [1.82, 2.24) is 4.90 Å². The smallest absolute Gasteiger partial charge is 0.0639 e. The Labute approximate surface area is 91.5 Å². The number of benzene rings is 1. The van der Waals surface area contributed by atoms with Crippen molar-refractivity contribution in [3.8, 4) is 0 Å². The first-order valence-electron chi connectivity index (χ1n) is 5.73. The lowest BCUT2D eigenvalue weighted by Gasteiger charge is -2.21. The quantitative estimate of drug-likeness (QED) is 0.796. The zero-order valence-electron chi connectivity index (χ0n) is 9.32. The highest BCUT2D eigenvalue weighted by molar-refractivity contribution is 5.27. The Hall–Kier alpha value is -0.860. The van der Waals surface area contributed by atoms with Gasteiger partial charge < -0.3 is 5.11 Å². The molecule has 1 aromatic carbocycles. The lowest BCUT2D eigenvalue weighted by atomic mass is 10.0. The standard InChI is InChI=1S/C13H19NO/c1-11(15)9-14-8-4-7-12-5-2-3-6-13(12)10-14/h2-3,5-6,11,15H,4,7-10H2,1H3. The van der Waals surface area contributed by atoms with E-state index in [2.05, 4.69) is 29.2 Å². The molecule has 0 radical (unpaired) electrons. The molecule has 0 bridgehead atoms. The van der Waals surface area contributed by atoms with E-state index in [0.717, 1.165) is 19.6 Å². The van der Waals surface area contributed by atoms with Crippen molar-refractivity contribution >= 4 is 0 Å². The Morgan fingerprint density at radius 1 is 1.33 bits per heavy atom. The Morgan fingerprint density at radius 3 is 2.80 bits per heavy atom. The van der Waals surface area contributed by atoms with Gasteiger partial charge in [-0.3, -0.25) is 4.90 Å². The molecule has 1 heterocycles. The van der Waals surface area contributed by atoms with Crippen LogP contribution in [0.25, 0.3) is 0 Å². The minimum absolute atomic E-state index is 0.227. The van der Waals surface area contributed by atoms with Crippen molar-refractivity contribution in [2.24, 2.45) is 0 Å². The summed E-state index contributed by atoms with van der Waals surface area (Å²) in [7, 11) is 0. The van der Waals surface area contributed by atoms with Gasteiger partial charge in [0.15, 0.2) is 0 Å². The van der Waals surface area contributed by atoms with Gasteiger partial charge in [-0.25, -0.2) is 0 Å². The van der Waals surface area contributed by atoms with Crippen LogP contribution in [0.2, 0.25) is 0 Å². The molecule has 1 aliphatic heterocycles. The fourth-order valence-corrected chi connectivity index (χ4v) is 2.30. The van der Waals surface area contributed by atoms with Gasteiger partial charge in [0, 0.05) is 13.1 Å². The number of hydrogen-bond acceptors (Lipinski definition) is 2. The monoisotopic (exact) mass is 205 g/mol. The molecule has 0 spiro atoms. The summed E-state index contributed by atoms with van der Waals surface area (Å²) < 4.78 is 0. The van der Waals surface area contributed by atoms with E-state index in [1.54, 1.807) is 0 Å². The topological polar surface area (TPSA) is 23.5 Å². The van der Waals surface area contributed by atoms with Crippen molar-refractivity contribution in [2.45, 2.75) is 32.4 Å². The van der Waals surface area contributed by atoms with Gasteiger partial charge in [-0.05, 0) is 37.4 Å². The van der Waals surface area contributed by atoms with Crippen LogP contribution in [0.3, 0.4) is 0 Å². The van der Waals surface area contributed by atoms with Crippen molar-refractivity contribution in [2.75, 3.05) is 13.1 Å². The minimum atomic E-state index is -0.227. The second-order valence-corrected chi connectivity index (χ2v) is 4.46. The highest BCUT2D eigenvalue weighted by Gasteiger charge is 2.14. The molecule has 0 fully saturated rings. The Morgan fingerprint density at radius 2 is 2.07 bits per heavy atom. The number of nitrogens with zero attached hydrogens (tertiary/aromatic N) is 1. The first-order valence-corrected chi connectivity index (χ1v) is 5.73. The van der Waals surface area contributed by atoms with Crippen LogP contribution in [-0.2, 0) is 13.0 Å². The highest BCUT2D eigenvalue weighted by atomic mass is 16.3. The lowest BCUT2D eigenvalue weighted by molar-refractivity contribution is 0.123. The van der Waals surface area contributed by atoms with Crippen molar-refractivity contribution in [3.63, 3.8) is 0 Å². The molecule has 1 aromatic rings. The van der Waals surface area contributed by atoms with Gasteiger partial charge in [-0.15, -0.1) is 0 Å². The second kappa shape index (κ2) is 4.77. The van der Waals surface area contributed by atoms with Crippen LogP contribution < -0.4 is 0 Å². The Kier molecular flexibility index (Phi) is 3.39. The molecular weight excluding hydrogens is 186 g/mol. The average molecular weight is 205 g/mol. The van der Waals surface area contributed by atoms with Crippen molar-refractivity contribution in [1.29, 1.82) is 0 Å². The molecule has 2 nitrogen and oxygen atoms in total. The fraction of sp³-hybridized carbons (Fsp3) is 0.538. The van der Waals surface area contributed by atoms with Crippen LogP contribution in [0.1, 0.15) is 24.5 Å². The summed E-state index contributed by atoms with van der Waals surface area (Å²) in [5.41, 5.74) is 2.90. The molecule has 0 saturated carbocycles. The number of aliphatic hydroxyl groups excluding tert-OH is 1. The molecule has 82 valence electrons. The average Bonchev–Trinajstić information content (AvgIpc) is 2.38. The minimum Gasteiger partial charge on any atom is -0.392 e. The van der Waals surface area contributed by atoms with Crippen LogP contribution in [0.5, 0.6) is 0 Å². The number of hydrogen-bond donors (Lipinski definition) is 1. The van der Waals surface area contributed by atoms with E-state index in [1.807, 2.05) is 6.92 Å². The number of rotatable bonds is 2. The Bertz CT molecular complexity index is 322. The zero-order valence-corrected chi connectivity index (χ0v) is 9.32. The molecule has 0 aliphatic carbocycles. The highest BCUT2D eigenvalue weighted by Crippen LogP contribution is 2.18. The summed E-state index contributed by atoms with van der Waals surface area (Å²) in [6, 6.07) is 8.64. The van der Waals surface area contributed by atoms with E-state index in [4.69, 9.17) is 0 Å². The summed E-state index contributed by atoms with van der Waals surface area (Å²) in [5, 5.41) is 9.40. The lowest BCUT2D eigenvalue weighted by Crippen LogP contribution is -2.30. The van der Waals surface area contributed by atoms with E-state index in [1.165, 1.54) is 24.0 Å². The second-order valence-electron chi connectivity index (χ2n) is 4.46. The van der Waals surface area contributed by atoms with Gasteiger partial charge >= 0.3 is 0 Å². The maximum Gasteiger partial charge on any atom is 0.0639 e.